The summed E-state index contributed by atoms with van der Waals surface area (Å²) in [6, 6.07) is 15.8. The van der Waals surface area contributed by atoms with Crippen LogP contribution in [0.2, 0.25) is 0 Å². The summed E-state index contributed by atoms with van der Waals surface area (Å²) in [6.07, 6.45) is 2.10. The topological polar surface area (TPSA) is 42.4 Å². The average molecular weight is 395 g/mol. The number of fused-ring (bicyclic) bond motifs is 1. The molecule has 0 saturated carbocycles. The molecule has 1 fully saturated rings. The number of rotatable bonds is 5. The second kappa shape index (κ2) is 8.31. The predicted molar refractivity (Wildman–Crippen MR) is 114 cm³/mol. The maximum atomic E-state index is 13.0. The maximum absolute atomic E-state index is 13.0. The molecule has 0 bridgehead atoms. The third kappa shape index (κ3) is 4.20. The van der Waals surface area contributed by atoms with Crippen molar-refractivity contribution in [3.8, 4) is 5.75 Å². The van der Waals surface area contributed by atoms with Crippen molar-refractivity contribution in [1.82, 2.24) is 9.88 Å². The molecule has 1 aliphatic heterocycles. The highest BCUT2D eigenvalue weighted by atomic mass is 32.1. The van der Waals surface area contributed by atoms with Gasteiger partial charge in [0.25, 0.3) is 5.91 Å². The van der Waals surface area contributed by atoms with E-state index in [1.54, 1.807) is 11.3 Å². The third-order valence-corrected chi connectivity index (χ3v) is 6.25. The van der Waals surface area contributed by atoms with E-state index in [4.69, 9.17) is 9.72 Å². The number of carbonyl (C=O) groups excluding carboxylic acids is 1. The van der Waals surface area contributed by atoms with E-state index in [0.29, 0.717) is 18.4 Å². The molecule has 146 valence electrons. The molecule has 1 atom stereocenters. The second-order valence-corrected chi connectivity index (χ2v) is 8.90. The Morgan fingerprint density at radius 2 is 2.00 bits per heavy atom. The Kier molecular flexibility index (Phi) is 5.62. The highest BCUT2D eigenvalue weighted by molar-refractivity contribution is 7.18. The number of hydrogen-bond donors (Lipinski definition) is 0. The first-order chi connectivity index (χ1) is 13.6. The molecule has 1 amide bonds. The van der Waals surface area contributed by atoms with Gasteiger partial charge in [-0.05, 0) is 55.2 Å². The molecule has 1 saturated heterocycles. The summed E-state index contributed by atoms with van der Waals surface area (Å²) >= 11 is 1.76. The van der Waals surface area contributed by atoms with Crippen molar-refractivity contribution >= 4 is 27.5 Å². The lowest BCUT2D eigenvalue weighted by molar-refractivity contribution is 0.0707. The molecular formula is C23H26N2O2S. The molecule has 3 aromatic rings. The number of amides is 1. The molecule has 1 aromatic heterocycles. The van der Waals surface area contributed by atoms with E-state index in [9.17, 15) is 4.79 Å². The molecule has 4 nitrogen and oxygen atoms in total. The molecule has 0 unspecified atom stereocenters. The molecule has 1 aliphatic rings. The molecule has 0 radical (unpaired) electrons. The van der Waals surface area contributed by atoms with Crippen molar-refractivity contribution in [3.05, 3.63) is 59.1 Å². The minimum absolute atomic E-state index is 0.0984. The number of aromatic nitrogens is 1. The first-order valence-corrected chi connectivity index (χ1v) is 10.8. The Morgan fingerprint density at radius 1 is 1.21 bits per heavy atom. The van der Waals surface area contributed by atoms with E-state index >= 15 is 0 Å². The highest BCUT2D eigenvalue weighted by Gasteiger charge is 2.27. The molecule has 28 heavy (non-hydrogen) atoms. The van der Waals surface area contributed by atoms with Crippen LogP contribution < -0.4 is 4.74 Å². The van der Waals surface area contributed by atoms with Gasteiger partial charge in [0, 0.05) is 24.6 Å². The van der Waals surface area contributed by atoms with Gasteiger partial charge in [-0.3, -0.25) is 4.79 Å². The quantitative estimate of drug-likeness (QED) is 0.586. The maximum Gasteiger partial charge on any atom is 0.253 e. The summed E-state index contributed by atoms with van der Waals surface area (Å²) < 4.78 is 6.94. The molecule has 0 spiro atoms. The smallest absolute Gasteiger partial charge is 0.253 e. The van der Waals surface area contributed by atoms with Crippen LogP contribution in [0.1, 0.15) is 48.0 Å². The molecule has 2 heterocycles. The largest absolute Gasteiger partial charge is 0.493 e. The molecule has 0 aliphatic carbocycles. The van der Waals surface area contributed by atoms with Crippen molar-refractivity contribution in [1.29, 1.82) is 0 Å². The lowest BCUT2D eigenvalue weighted by Crippen LogP contribution is -2.39. The van der Waals surface area contributed by atoms with Gasteiger partial charge in [-0.15, -0.1) is 11.3 Å². The number of likely N-dealkylation sites (tertiary alicyclic amines) is 1. The molecular weight excluding hydrogens is 368 g/mol. The number of nitrogens with zero attached hydrogens (tertiary/aromatic N) is 2. The number of thiazole rings is 1. The van der Waals surface area contributed by atoms with Gasteiger partial charge in [-0.1, -0.05) is 26.0 Å². The molecule has 2 aromatic carbocycles. The Labute approximate surface area is 170 Å². The summed E-state index contributed by atoms with van der Waals surface area (Å²) in [4.78, 5) is 19.8. The van der Waals surface area contributed by atoms with Crippen LogP contribution in [0.3, 0.4) is 0 Å². The van der Waals surface area contributed by atoms with Crippen LogP contribution in [0.15, 0.2) is 48.5 Å². The first-order valence-electron chi connectivity index (χ1n) is 9.98. The van der Waals surface area contributed by atoms with Crippen LogP contribution in [0.25, 0.3) is 10.2 Å². The van der Waals surface area contributed by atoms with Crippen LogP contribution in [-0.4, -0.2) is 35.5 Å². The van der Waals surface area contributed by atoms with Gasteiger partial charge in [-0.2, -0.15) is 0 Å². The van der Waals surface area contributed by atoms with E-state index in [2.05, 4.69) is 32.0 Å². The van der Waals surface area contributed by atoms with Gasteiger partial charge in [0.05, 0.1) is 21.8 Å². The summed E-state index contributed by atoms with van der Waals surface area (Å²) in [7, 11) is 0. The molecule has 0 N–H and O–H groups in total. The summed E-state index contributed by atoms with van der Waals surface area (Å²) in [5.74, 6) is 1.72. The number of para-hydroxylation sites is 1. The fourth-order valence-corrected chi connectivity index (χ4v) is 4.66. The van der Waals surface area contributed by atoms with E-state index < -0.39 is 0 Å². The van der Waals surface area contributed by atoms with E-state index in [1.807, 2.05) is 35.2 Å². The van der Waals surface area contributed by atoms with Crippen molar-refractivity contribution < 1.29 is 9.53 Å². The van der Waals surface area contributed by atoms with Gasteiger partial charge < -0.3 is 9.64 Å². The van der Waals surface area contributed by atoms with Gasteiger partial charge >= 0.3 is 0 Å². The lowest BCUT2D eigenvalue weighted by atomic mass is 9.98. The molecule has 5 heteroatoms. The van der Waals surface area contributed by atoms with E-state index in [1.165, 1.54) is 4.70 Å². The summed E-state index contributed by atoms with van der Waals surface area (Å²) in [5.41, 5.74) is 1.78. The fraction of sp³-hybridized carbons (Fsp3) is 0.391. The first kappa shape index (κ1) is 18.9. The zero-order valence-corrected chi connectivity index (χ0v) is 17.2. The Balaban J connectivity index is 1.44. The van der Waals surface area contributed by atoms with Gasteiger partial charge in [0.2, 0.25) is 0 Å². The standard InChI is InChI=1S/C23H26N2O2S/c1-16(2)15-27-19-11-9-17(10-12-19)23(26)25-13-5-6-18(14-25)22-24-20-7-3-4-8-21(20)28-22/h3-4,7-12,16,18H,5-6,13-15H2,1-2H3/t18-/m1/s1. The molecule has 4 rings (SSSR count). The normalized spacial score (nSPS) is 17.2. The highest BCUT2D eigenvalue weighted by Crippen LogP contribution is 2.33. The Morgan fingerprint density at radius 3 is 2.75 bits per heavy atom. The van der Waals surface area contributed by atoms with Crippen LogP contribution in [0, 0.1) is 5.92 Å². The van der Waals surface area contributed by atoms with Crippen LogP contribution in [-0.2, 0) is 0 Å². The van der Waals surface area contributed by atoms with Crippen molar-refractivity contribution in [2.45, 2.75) is 32.6 Å². The zero-order valence-electron chi connectivity index (χ0n) is 16.4. The van der Waals surface area contributed by atoms with E-state index in [0.717, 1.165) is 47.8 Å². The van der Waals surface area contributed by atoms with Gasteiger partial charge in [0.15, 0.2) is 0 Å². The number of hydrogen-bond acceptors (Lipinski definition) is 4. The fourth-order valence-electron chi connectivity index (χ4n) is 3.57. The second-order valence-electron chi connectivity index (χ2n) is 7.84. The van der Waals surface area contributed by atoms with Crippen molar-refractivity contribution in [2.24, 2.45) is 5.92 Å². The zero-order chi connectivity index (χ0) is 19.5. The van der Waals surface area contributed by atoms with Crippen molar-refractivity contribution in [2.75, 3.05) is 19.7 Å². The van der Waals surface area contributed by atoms with Crippen LogP contribution in [0.4, 0.5) is 0 Å². The Hall–Kier alpha value is -2.40. The predicted octanol–water partition coefficient (Wildman–Crippen LogP) is 5.35. The van der Waals surface area contributed by atoms with E-state index in [-0.39, 0.29) is 5.91 Å². The number of carbonyl (C=O) groups is 1. The van der Waals surface area contributed by atoms with Gasteiger partial charge in [0.1, 0.15) is 5.75 Å². The SMILES string of the molecule is CC(C)COc1ccc(C(=O)N2CCC[C@@H](c3nc4ccccc4s3)C2)cc1. The minimum Gasteiger partial charge on any atom is -0.493 e. The van der Waals surface area contributed by atoms with Crippen LogP contribution in [0.5, 0.6) is 5.75 Å². The number of ether oxygens (including phenoxy) is 1. The summed E-state index contributed by atoms with van der Waals surface area (Å²) in [6.45, 7) is 6.48. The Bertz CT molecular complexity index is 916. The minimum atomic E-state index is 0.0984. The van der Waals surface area contributed by atoms with Crippen molar-refractivity contribution in [3.63, 3.8) is 0 Å². The average Bonchev–Trinajstić information content (AvgIpc) is 3.16. The lowest BCUT2D eigenvalue weighted by Gasteiger charge is -2.32. The van der Waals surface area contributed by atoms with Crippen LogP contribution >= 0.6 is 11.3 Å². The number of benzene rings is 2. The summed E-state index contributed by atoms with van der Waals surface area (Å²) in [5, 5.41) is 1.15. The third-order valence-electron chi connectivity index (χ3n) is 5.05. The van der Waals surface area contributed by atoms with Gasteiger partial charge in [-0.25, -0.2) is 4.98 Å². The number of piperidine rings is 1. The monoisotopic (exact) mass is 394 g/mol.